The molecule has 5 nitrogen and oxygen atoms in total. The van der Waals surface area contributed by atoms with Gasteiger partial charge in [0.25, 0.3) is 0 Å². The fourth-order valence-electron chi connectivity index (χ4n) is 2.66. The van der Waals surface area contributed by atoms with Crippen LogP contribution in [0.4, 0.5) is 0 Å². The van der Waals surface area contributed by atoms with E-state index in [1.54, 1.807) is 0 Å². The number of hydrogen-bond donors (Lipinski definition) is 1. The number of carboxylic acids is 1. The molecule has 0 spiro atoms. The summed E-state index contributed by atoms with van der Waals surface area (Å²) in [6.07, 6.45) is 1.93. The average molecular weight is 272 g/mol. The van der Waals surface area contributed by atoms with E-state index < -0.39 is 12.0 Å². The Balaban J connectivity index is 1.89. The van der Waals surface area contributed by atoms with Crippen molar-refractivity contribution in [3.8, 4) is 0 Å². The second-order valence-corrected chi connectivity index (χ2v) is 5.09. The Labute approximate surface area is 116 Å². The molecular weight excluding hydrogens is 256 g/mol. The number of hydrogen-bond acceptors (Lipinski definition) is 4. The minimum Gasteiger partial charge on any atom is -0.480 e. The first-order chi connectivity index (χ1) is 9.65. The zero-order chi connectivity index (χ0) is 14.1. The third-order valence-corrected chi connectivity index (χ3v) is 3.83. The van der Waals surface area contributed by atoms with Crippen LogP contribution in [0.25, 0.3) is 0 Å². The predicted molar refractivity (Wildman–Crippen MR) is 72.1 cm³/mol. The van der Waals surface area contributed by atoms with Crippen LogP contribution >= 0.6 is 0 Å². The summed E-state index contributed by atoms with van der Waals surface area (Å²) in [5.41, 5.74) is 3.11. The first-order valence-corrected chi connectivity index (χ1v) is 6.57. The van der Waals surface area contributed by atoms with Gasteiger partial charge in [0.15, 0.2) is 6.39 Å². The van der Waals surface area contributed by atoms with Crippen LogP contribution in [0.3, 0.4) is 0 Å². The number of rotatable bonds is 3. The summed E-state index contributed by atoms with van der Waals surface area (Å²) in [5.74, 6) is -0.0475. The molecule has 1 aliphatic rings. The predicted octanol–water partition coefficient (Wildman–Crippen LogP) is 1.99. The topological polar surface area (TPSA) is 66.6 Å². The molecule has 0 radical (unpaired) electrons. The average Bonchev–Trinajstić information content (AvgIpc) is 2.83. The van der Waals surface area contributed by atoms with Gasteiger partial charge in [-0.25, -0.2) is 4.98 Å². The third-order valence-electron chi connectivity index (χ3n) is 3.83. The van der Waals surface area contributed by atoms with Gasteiger partial charge in [-0.2, -0.15) is 0 Å². The minimum absolute atomic E-state index is 0.494. The molecule has 1 aromatic carbocycles. The summed E-state index contributed by atoms with van der Waals surface area (Å²) in [5, 5.41) is 9.45. The number of carboxylic acid groups (broad SMARTS) is 1. The van der Waals surface area contributed by atoms with Crippen LogP contribution < -0.4 is 0 Å². The second-order valence-electron chi connectivity index (χ2n) is 5.09. The van der Waals surface area contributed by atoms with Crippen LogP contribution in [0.5, 0.6) is 0 Å². The quantitative estimate of drug-likeness (QED) is 0.925. The molecule has 0 fully saturated rings. The van der Waals surface area contributed by atoms with Gasteiger partial charge in [-0.15, -0.1) is 0 Å². The van der Waals surface area contributed by atoms with Crippen molar-refractivity contribution in [2.24, 2.45) is 0 Å². The van der Waals surface area contributed by atoms with Gasteiger partial charge in [-0.3, -0.25) is 9.69 Å². The van der Waals surface area contributed by atoms with Gasteiger partial charge in [0.2, 0.25) is 0 Å². The molecular formula is C15H16N2O3. The van der Waals surface area contributed by atoms with Crippen LogP contribution in [-0.2, 0) is 24.3 Å². The largest absolute Gasteiger partial charge is 0.480 e. The molecule has 5 heteroatoms. The summed E-state index contributed by atoms with van der Waals surface area (Å²) in [6, 6.07) is 7.48. The minimum atomic E-state index is -0.791. The van der Waals surface area contributed by atoms with Gasteiger partial charge in [0, 0.05) is 13.1 Å². The maximum Gasteiger partial charge on any atom is 0.321 e. The van der Waals surface area contributed by atoms with Crippen LogP contribution in [-0.4, -0.2) is 27.0 Å². The van der Waals surface area contributed by atoms with Crippen molar-refractivity contribution in [2.45, 2.75) is 32.5 Å². The molecule has 1 aromatic heterocycles. The SMILES string of the molecule is Cc1ocnc1CN1Cc2ccccc2CC1C(=O)O. The Bertz CT molecular complexity index is 636. The van der Waals surface area contributed by atoms with E-state index >= 15 is 0 Å². The Morgan fingerprint density at radius 3 is 2.85 bits per heavy atom. The molecule has 1 N–H and O–H groups in total. The Kier molecular flexibility index (Phi) is 3.28. The highest BCUT2D eigenvalue weighted by Crippen LogP contribution is 2.25. The van der Waals surface area contributed by atoms with E-state index in [9.17, 15) is 9.90 Å². The number of nitrogens with zero attached hydrogens (tertiary/aromatic N) is 2. The highest BCUT2D eigenvalue weighted by molar-refractivity contribution is 5.74. The van der Waals surface area contributed by atoms with Crippen LogP contribution in [0.15, 0.2) is 35.1 Å². The molecule has 0 saturated carbocycles. The second kappa shape index (κ2) is 5.09. The van der Waals surface area contributed by atoms with E-state index in [0.717, 1.165) is 17.0 Å². The normalized spacial score (nSPS) is 18.8. The fraction of sp³-hybridized carbons (Fsp3) is 0.333. The van der Waals surface area contributed by atoms with Crippen molar-refractivity contribution in [2.75, 3.05) is 0 Å². The van der Waals surface area contributed by atoms with E-state index in [1.165, 1.54) is 12.0 Å². The molecule has 104 valence electrons. The Hall–Kier alpha value is -2.14. The van der Waals surface area contributed by atoms with E-state index in [1.807, 2.05) is 30.0 Å². The maximum absolute atomic E-state index is 11.5. The summed E-state index contributed by atoms with van der Waals surface area (Å²) in [7, 11) is 0. The monoisotopic (exact) mass is 272 g/mol. The molecule has 1 unspecified atom stereocenters. The lowest BCUT2D eigenvalue weighted by Crippen LogP contribution is -2.45. The molecule has 1 atom stereocenters. The van der Waals surface area contributed by atoms with Gasteiger partial charge in [0.05, 0.1) is 5.69 Å². The summed E-state index contributed by atoms with van der Waals surface area (Å²) >= 11 is 0. The fourth-order valence-corrected chi connectivity index (χ4v) is 2.66. The number of aryl methyl sites for hydroxylation is 1. The van der Waals surface area contributed by atoms with Crippen molar-refractivity contribution >= 4 is 5.97 Å². The molecule has 1 aliphatic heterocycles. The summed E-state index contributed by atoms with van der Waals surface area (Å²) < 4.78 is 5.19. The number of fused-ring (bicyclic) bond motifs is 1. The Morgan fingerprint density at radius 1 is 1.45 bits per heavy atom. The van der Waals surface area contributed by atoms with Crippen molar-refractivity contribution < 1.29 is 14.3 Å². The zero-order valence-corrected chi connectivity index (χ0v) is 11.2. The van der Waals surface area contributed by atoms with Crippen LogP contribution in [0.2, 0.25) is 0 Å². The first-order valence-electron chi connectivity index (χ1n) is 6.57. The smallest absolute Gasteiger partial charge is 0.321 e. The molecule has 0 bridgehead atoms. The van der Waals surface area contributed by atoms with Crippen molar-refractivity contribution in [1.29, 1.82) is 0 Å². The number of carbonyl (C=O) groups is 1. The Morgan fingerprint density at radius 2 is 2.20 bits per heavy atom. The number of aromatic nitrogens is 1. The van der Waals surface area contributed by atoms with Crippen LogP contribution in [0.1, 0.15) is 22.6 Å². The molecule has 0 saturated heterocycles. The van der Waals surface area contributed by atoms with Crippen molar-refractivity contribution in [3.63, 3.8) is 0 Å². The number of oxazole rings is 1. The van der Waals surface area contributed by atoms with Crippen molar-refractivity contribution in [1.82, 2.24) is 9.88 Å². The lowest BCUT2D eigenvalue weighted by Gasteiger charge is -2.33. The molecule has 20 heavy (non-hydrogen) atoms. The maximum atomic E-state index is 11.5. The lowest BCUT2D eigenvalue weighted by atomic mass is 9.94. The lowest BCUT2D eigenvalue weighted by molar-refractivity contribution is -0.144. The highest BCUT2D eigenvalue weighted by Gasteiger charge is 2.31. The molecule has 0 amide bonds. The first kappa shape index (κ1) is 12.9. The van der Waals surface area contributed by atoms with Crippen LogP contribution in [0, 0.1) is 6.92 Å². The number of benzene rings is 1. The van der Waals surface area contributed by atoms with E-state index in [2.05, 4.69) is 11.1 Å². The molecule has 3 rings (SSSR count). The van der Waals surface area contributed by atoms with Gasteiger partial charge in [0.1, 0.15) is 11.8 Å². The van der Waals surface area contributed by atoms with Gasteiger partial charge in [-0.05, 0) is 24.5 Å². The molecule has 0 aliphatic carbocycles. The van der Waals surface area contributed by atoms with Gasteiger partial charge >= 0.3 is 5.97 Å². The zero-order valence-electron chi connectivity index (χ0n) is 11.2. The standard InChI is InChI=1S/C15H16N2O3/c1-10-13(16-9-20-10)8-17-7-12-5-3-2-4-11(12)6-14(17)15(18)19/h2-5,9,14H,6-8H2,1H3,(H,18,19). The summed E-state index contributed by atoms with van der Waals surface area (Å²) in [6.45, 7) is 2.96. The number of aliphatic carboxylic acids is 1. The van der Waals surface area contributed by atoms with Gasteiger partial charge < -0.3 is 9.52 Å². The van der Waals surface area contributed by atoms with E-state index in [-0.39, 0.29) is 0 Å². The van der Waals surface area contributed by atoms with E-state index in [4.69, 9.17) is 4.42 Å². The van der Waals surface area contributed by atoms with Crippen molar-refractivity contribution in [3.05, 3.63) is 53.2 Å². The van der Waals surface area contributed by atoms with E-state index in [0.29, 0.717) is 19.5 Å². The van der Waals surface area contributed by atoms with Gasteiger partial charge in [-0.1, -0.05) is 24.3 Å². The molecule has 2 heterocycles. The third kappa shape index (κ3) is 2.32. The molecule has 2 aromatic rings. The highest BCUT2D eigenvalue weighted by atomic mass is 16.4. The summed E-state index contributed by atoms with van der Waals surface area (Å²) in [4.78, 5) is 17.6.